The minimum absolute atomic E-state index is 0.0689. The minimum atomic E-state index is -0.348. The Hall–Kier alpha value is -10.0. The Morgan fingerprint density at radius 3 is 1.40 bits per heavy atom. The van der Waals surface area contributed by atoms with E-state index < -0.39 is 0 Å². The van der Waals surface area contributed by atoms with Crippen LogP contribution in [-0.2, 0) is 32.7 Å². The summed E-state index contributed by atoms with van der Waals surface area (Å²) in [5.41, 5.74) is 12.2. The van der Waals surface area contributed by atoms with Gasteiger partial charge in [0.15, 0.2) is 57.3 Å². The van der Waals surface area contributed by atoms with Gasteiger partial charge in [0.05, 0.1) is 94.5 Å². The normalized spacial score (nSPS) is 10.8. The van der Waals surface area contributed by atoms with Crippen molar-refractivity contribution in [3.05, 3.63) is 134 Å². The van der Waals surface area contributed by atoms with E-state index in [1.807, 2.05) is 17.0 Å². The van der Waals surface area contributed by atoms with E-state index in [1.165, 1.54) is 44.0 Å². The van der Waals surface area contributed by atoms with Gasteiger partial charge in [0.2, 0.25) is 26.4 Å². The van der Waals surface area contributed by atoms with E-state index in [-0.39, 0.29) is 32.1 Å². The fourth-order valence-corrected chi connectivity index (χ4v) is 10.8. The molecule has 0 bridgehead atoms. The molecule has 0 unspecified atom stereocenters. The molecule has 0 aliphatic heterocycles. The highest BCUT2D eigenvalue weighted by molar-refractivity contribution is 7.10. The number of aromatic nitrogens is 26. The van der Waals surface area contributed by atoms with Crippen molar-refractivity contribution in [2.75, 3.05) is 47.9 Å². The molecule has 15 rings (SSSR count). The number of nitrogens with zero attached hydrogens (tertiary/aromatic N) is 20. The summed E-state index contributed by atoms with van der Waals surface area (Å²) in [7, 11) is 4.56. The number of thiazole rings is 4. The first-order valence-corrected chi connectivity index (χ1v) is 31.7. The third-order valence-electron chi connectivity index (χ3n) is 11.8. The van der Waals surface area contributed by atoms with Gasteiger partial charge in [-0.15, -0.1) is 45.3 Å². The minimum Gasteiger partial charge on any atom is -0.468 e. The predicted molar refractivity (Wildman–Crippen MR) is 353 cm³/mol. The van der Waals surface area contributed by atoms with Gasteiger partial charge in [-0.05, 0) is 58.0 Å². The van der Waals surface area contributed by atoms with Crippen LogP contribution in [0.1, 0.15) is 26.1 Å². The number of anilines is 5. The number of hydrogen-bond acceptors (Lipinski definition) is 33. The summed E-state index contributed by atoms with van der Waals surface area (Å²) >= 11 is 35.4. The molecule has 15 aromatic rings. The molecule has 15 aromatic heterocycles. The quantitative estimate of drug-likeness (QED) is 0.0357. The van der Waals surface area contributed by atoms with E-state index >= 15 is 0 Å². The number of methoxy groups -OCH3 is 3. The van der Waals surface area contributed by atoms with Gasteiger partial charge in [-0.25, -0.2) is 19.7 Å². The van der Waals surface area contributed by atoms with E-state index in [0.717, 1.165) is 31.7 Å². The van der Waals surface area contributed by atoms with Crippen LogP contribution in [0.5, 0.6) is 18.0 Å². The zero-order valence-electron chi connectivity index (χ0n) is 47.6. The van der Waals surface area contributed by atoms with E-state index in [2.05, 4.69) is 156 Å². The third kappa shape index (κ3) is 17.1. The van der Waals surface area contributed by atoms with Crippen LogP contribution in [0.25, 0.3) is 55.8 Å². The molecule has 0 aliphatic carbocycles. The Kier molecular flexibility index (Phi) is 21.4. The number of imidazole rings is 5. The summed E-state index contributed by atoms with van der Waals surface area (Å²) in [6.45, 7) is 2.76. The molecular weight excluding hydrogens is 1390 g/mol. The Bertz CT molecular complexity index is 4800. The molecule has 11 N–H and O–H groups in total. The van der Waals surface area contributed by atoms with Gasteiger partial charge < -0.3 is 65.7 Å². The lowest BCUT2D eigenvalue weighted by atomic mass is 10.4. The zero-order valence-corrected chi connectivity index (χ0v) is 54.6. The Labute approximate surface area is 560 Å². The molecule has 44 heteroatoms. The Balaban J connectivity index is 0.000000119. The molecule has 0 saturated heterocycles. The van der Waals surface area contributed by atoms with Crippen LogP contribution in [-0.4, -0.2) is 151 Å². The van der Waals surface area contributed by atoms with Crippen molar-refractivity contribution in [3.8, 4) is 18.0 Å². The van der Waals surface area contributed by atoms with Crippen LogP contribution in [0, 0.1) is 0 Å². The van der Waals surface area contributed by atoms with Gasteiger partial charge in [-0.3, -0.25) is 24.9 Å². The molecule has 0 aromatic carbocycles. The maximum absolute atomic E-state index is 11.2. The standard InChI is InChI=1S/C11H10ClN7O.2C10H9ClN6OS.C9H7ClN6OS.C9H7ClN6S/c1-20-11-16-7-8(17-10(12)18-9(7)19-11)15-5-6-4-13-2-3-14-6;1-18-10-14-6-7(12-2-5-3-19-4-13-5)15-9(11)16-8(6)17-10;1-18-10-14-6-7(13-3-5-2-12-4-19-5)15-9(11)16-8(6)17-10;10-8-14-6(12-3-4-11-1-2-18-4)5-7(15-8)16-9(17)13-5;10-9-15-7(6-8(16-9)14-3-13-6)12-2-5-1-11-4-17-5/h2-4H,5H2,1H3,(H2,15,16,17,18,19);3-4H,2H2,1H3,(H2,12,14,15,16,17);2,4H,3H2,1H3,(H2,13,14,15,16,17);1-2H,3H2,(H3,12,13,14,15,16,17);1,3-4H,2H2,(H2,12,13,14,15,16). The third-order valence-corrected chi connectivity index (χ3v) is 15.6. The smallest absolute Gasteiger partial charge is 0.325 e. The molecule has 0 amide bonds. The van der Waals surface area contributed by atoms with Crippen molar-refractivity contribution in [1.82, 2.24) is 130 Å². The van der Waals surface area contributed by atoms with Crippen molar-refractivity contribution in [3.63, 3.8) is 0 Å². The van der Waals surface area contributed by atoms with Crippen LogP contribution in [0.4, 0.5) is 29.1 Å². The van der Waals surface area contributed by atoms with Crippen molar-refractivity contribution < 1.29 is 14.2 Å². The summed E-state index contributed by atoms with van der Waals surface area (Å²) in [5.74, 6) is 2.80. The van der Waals surface area contributed by atoms with Gasteiger partial charge in [0, 0.05) is 51.5 Å². The molecular formula is C49H42Cl5N31O4S4. The summed E-state index contributed by atoms with van der Waals surface area (Å²) in [6.07, 6.45) is 11.8. The van der Waals surface area contributed by atoms with E-state index in [9.17, 15) is 4.79 Å². The SMILES string of the molecule is COc1nc2nc(Cl)nc(NCc3cnccn3)c2[nH]1.COc1nc2nc(Cl)nc(NCc3cncs3)c2[nH]1.COc1nc2nc(Cl)nc(NCc3cscn3)c2[nH]1.Clc1nc(NCc2cncs2)c2[nH]cnc2n1.O=c1[nH]c2nc(Cl)nc(NCc3nccs3)c2[nH]1. The number of rotatable bonds is 18. The fraction of sp³-hybridized carbons (Fsp3) is 0.163. The van der Waals surface area contributed by atoms with Crippen LogP contribution in [0.2, 0.25) is 26.4 Å². The lowest BCUT2D eigenvalue weighted by Crippen LogP contribution is -2.05. The largest absolute Gasteiger partial charge is 0.468 e. The lowest BCUT2D eigenvalue weighted by Gasteiger charge is -2.05. The summed E-state index contributed by atoms with van der Waals surface area (Å²) in [6, 6.07) is 1.08. The number of fused-ring (bicyclic) bond motifs is 5. The van der Waals surface area contributed by atoms with Crippen molar-refractivity contribution in [2.24, 2.45) is 0 Å². The molecule has 35 nitrogen and oxygen atoms in total. The molecule has 0 spiro atoms. The maximum atomic E-state index is 11.2. The molecule has 0 aliphatic rings. The van der Waals surface area contributed by atoms with E-state index in [1.54, 1.807) is 76.5 Å². The first-order valence-electron chi connectivity index (χ1n) is 26.2. The van der Waals surface area contributed by atoms with Crippen LogP contribution < -0.4 is 46.5 Å². The van der Waals surface area contributed by atoms with Gasteiger partial charge in [0.25, 0.3) is 18.0 Å². The second-order valence-electron chi connectivity index (χ2n) is 17.7. The number of aromatic amines is 6. The van der Waals surface area contributed by atoms with E-state index in [0.29, 0.717) is 130 Å². The number of nitrogens with one attached hydrogen (secondary N) is 11. The summed E-state index contributed by atoms with van der Waals surface area (Å²) in [4.78, 5) is 112. The van der Waals surface area contributed by atoms with Crippen LogP contribution in [0.3, 0.4) is 0 Å². The highest BCUT2D eigenvalue weighted by Gasteiger charge is 2.17. The summed E-state index contributed by atoms with van der Waals surface area (Å²) in [5, 5.41) is 21.1. The first kappa shape index (κ1) is 64.5. The molecule has 0 saturated carbocycles. The predicted octanol–water partition coefficient (Wildman–Crippen LogP) is 9.03. The number of ether oxygens (including phenoxy) is 3. The second-order valence-corrected chi connectivity index (χ2v) is 23.1. The van der Waals surface area contributed by atoms with E-state index in [4.69, 9.17) is 72.2 Å². The van der Waals surface area contributed by atoms with Crippen LogP contribution >= 0.6 is 103 Å². The highest BCUT2D eigenvalue weighted by atomic mass is 35.5. The molecule has 0 fully saturated rings. The molecule has 0 atom stereocenters. The van der Waals surface area contributed by atoms with Gasteiger partial charge in [-0.1, -0.05) is 0 Å². The first-order chi connectivity index (χ1) is 45.3. The van der Waals surface area contributed by atoms with Gasteiger partial charge >= 0.3 is 5.69 Å². The lowest BCUT2D eigenvalue weighted by molar-refractivity contribution is 0.385. The summed E-state index contributed by atoms with van der Waals surface area (Å²) < 4.78 is 15.1. The second kappa shape index (κ2) is 30.9. The topological polar surface area (TPSA) is 457 Å². The Morgan fingerprint density at radius 2 is 0.925 bits per heavy atom. The number of hydrogen-bond donors (Lipinski definition) is 11. The number of halogens is 5. The zero-order chi connectivity index (χ0) is 64.6. The molecule has 0 radical (unpaired) electrons. The molecule has 476 valence electrons. The van der Waals surface area contributed by atoms with Crippen molar-refractivity contribution in [2.45, 2.75) is 32.7 Å². The molecule has 15 heterocycles. The monoisotopic (exact) mass is 1430 g/mol. The van der Waals surface area contributed by atoms with Crippen molar-refractivity contribution in [1.29, 1.82) is 0 Å². The average molecular weight is 1430 g/mol. The van der Waals surface area contributed by atoms with Gasteiger partial charge in [-0.2, -0.15) is 64.8 Å². The fourth-order valence-electron chi connectivity index (χ4n) is 7.77. The number of H-pyrrole nitrogens is 6. The van der Waals surface area contributed by atoms with Gasteiger partial charge in [0.1, 0.15) is 32.6 Å². The highest BCUT2D eigenvalue weighted by Crippen LogP contribution is 2.27. The average Bonchev–Trinajstić information content (AvgIpc) is 2.79. The maximum Gasteiger partial charge on any atom is 0.325 e. The molecule has 93 heavy (non-hydrogen) atoms. The van der Waals surface area contributed by atoms with Crippen molar-refractivity contribution >= 4 is 188 Å². The Morgan fingerprint density at radius 1 is 0.430 bits per heavy atom. The van der Waals surface area contributed by atoms with Crippen LogP contribution in [0.15, 0.2) is 75.6 Å².